The first kappa shape index (κ1) is 24.7. The molecule has 1 aromatic carbocycles. The normalized spacial score (nSPS) is 19.6. The molecule has 2 atom stereocenters. The number of hydrogen-bond donors (Lipinski definition) is 3. The number of hydrogen-bond acceptors (Lipinski definition) is 9. The number of carbonyl (C=O) groups is 3. The lowest BCUT2D eigenvalue weighted by Crippen LogP contribution is -2.54. The van der Waals surface area contributed by atoms with Crippen molar-refractivity contribution in [2.75, 3.05) is 26.1 Å². The predicted octanol–water partition coefficient (Wildman–Crippen LogP) is 1.47. The number of thioether (sulfide) groups is 1. The second-order valence-corrected chi connectivity index (χ2v) is 8.40. The van der Waals surface area contributed by atoms with Gasteiger partial charge in [0, 0.05) is 28.7 Å². The molecule has 0 aromatic heterocycles. The van der Waals surface area contributed by atoms with Crippen LogP contribution in [0.15, 0.2) is 6.07 Å². The Balaban J connectivity index is 2.47. The summed E-state index contributed by atoms with van der Waals surface area (Å²) in [7, 11) is 1.43. The third kappa shape index (κ3) is 6.23. The molecule has 31 heavy (non-hydrogen) atoms. The molecule has 1 heterocycles. The van der Waals surface area contributed by atoms with E-state index in [9.17, 15) is 19.5 Å². The number of nitrogens with one attached hydrogen (secondary N) is 2. The summed E-state index contributed by atoms with van der Waals surface area (Å²) in [5.41, 5.74) is 1.02. The average Bonchev–Trinajstić information content (AvgIpc) is 2.71. The summed E-state index contributed by atoms with van der Waals surface area (Å²) in [5.74, 6) is -1.25. The van der Waals surface area contributed by atoms with Gasteiger partial charge in [-0.15, -0.1) is 0 Å². The number of carbonyl (C=O) groups excluding carboxylic acids is 3. The molecule has 0 spiro atoms. The number of phenolic OH excluding ortho intramolecular Hbond substituents is 1. The molecule has 0 saturated heterocycles. The molecule has 0 fully saturated rings. The third-order valence-corrected chi connectivity index (χ3v) is 5.72. The van der Waals surface area contributed by atoms with Gasteiger partial charge in [-0.05, 0) is 20.8 Å². The maximum Gasteiger partial charge on any atom is 0.339 e. The van der Waals surface area contributed by atoms with Crippen molar-refractivity contribution < 1.29 is 33.7 Å². The Kier molecular flexibility index (Phi) is 8.93. The zero-order valence-corrected chi connectivity index (χ0v) is 19.4. The van der Waals surface area contributed by atoms with Crippen molar-refractivity contribution >= 4 is 46.8 Å². The number of phenols is 1. The lowest BCUT2D eigenvalue weighted by molar-refractivity contribution is -0.147. The second kappa shape index (κ2) is 11.2. The van der Waals surface area contributed by atoms with Gasteiger partial charge in [-0.1, -0.05) is 12.2 Å². The van der Waals surface area contributed by atoms with Gasteiger partial charge in [-0.3, -0.25) is 4.79 Å². The largest absolute Gasteiger partial charge is 0.507 e. The minimum absolute atomic E-state index is 0.125. The van der Waals surface area contributed by atoms with Gasteiger partial charge in [-0.25, -0.2) is 9.59 Å². The standard InChI is InChI=1S/C20H26N2O7S2/c1-5-28-19(25)14-9-31-8-12-15(23)6-16(27-4)10(2)17(12)20(26)29-7-13(18(24)22-14)21-11(3)30/h6,13-14,23H,5,7-9H2,1-4H3,(H,21,30)(H,22,24)/t13-,14-/m0/s1. The SMILES string of the molecule is CCOC(=O)[C@@H]1CSCc2c(O)cc(OC)c(C)c2C(=O)OC[C@H](NC(C)=S)C(=O)N1. The van der Waals surface area contributed by atoms with Gasteiger partial charge >= 0.3 is 11.9 Å². The van der Waals surface area contributed by atoms with E-state index in [4.69, 9.17) is 26.4 Å². The molecular formula is C20H26N2O7S2. The Bertz CT molecular complexity index is 876. The number of cyclic esters (lactones) is 1. The molecular weight excluding hydrogens is 444 g/mol. The highest BCUT2D eigenvalue weighted by molar-refractivity contribution is 7.98. The Morgan fingerprint density at radius 1 is 1.45 bits per heavy atom. The number of methoxy groups -OCH3 is 1. The highest BCUT2D eigenvalue weighted by Gasteiger charge is 2.30. The van der Waals surface area contributed by atoms with Gasteiger partial charge in [-0.2, -0.15) is 11.8 Å². The van der Waals surface area contributed by atoms with Crippen LogP contribution < -0.4 is 15.4 Å². The van der Waals surface area contributed by atoms with Crippen LogP contribution in [0.1, 0.15) is 35.3 Å². The maximum absolute atomic E-state index is 12.9. The molecule has 1 aliphatic rings. The summed E-state index contributed by atoms with van der Waals surface area (Å²) in [6, 6.07) is -0.503. The van der Waals surface area contributed by atoms with Crippen molar-refractivity contribution in [2.24, 2.45) is 0 Å². The first-order chi connectivity index (χ1) is 14.7. The van der Waals surface area contributed by atoms with Crippen molar-refractivity contribution in [3.8, 4) is 11.5 Å². The number of fused-ring (bicyclic) bond motifs is 1. The Morgan fingerprint density at radius 2 is 2.16 bits per heavy atom. The Labute approximate surface area is 190 Å². The summed E-state index contributed by atoms with van der Waals surface area (Å²) in [4.78, 5) is 38.3. The molecule has 1 aromatic rings. The van der Waals surface area contributed by atoms with Crippen LogP contribution in [0.2, 0.25) is 0 Å². The Morgan fingerprint density at radius 3 is 2.77 bits per heavy atom. The van der Waals surface area contributed by atoms with Gasteiger partial charge in [0.2, 0.25) is 5.91 Å². The number of aromatic hydroxyl groups is 1. The fraction of sp³-hybridized carbons (Fsp3) is 0.500. The van der Waals surface area contributed by atoms with Crippen LogP contribution in [0.5, 0.6) is 11.5 Å². The summed E-state index contributed by atoms with van der Waals surface area (Å²) in [6.07, 6.45) is 0. The van der Waals surface area contributed by atoms with Crippen molar-refractivity contribution in [3.63, 3.8) is 0 Å². The van der Waals surface area contributed by atoms with E-state index in [1.165, 1.54) is 24.9 Å². The molecule has 0 unspecified atom stereocenters. The molecule has 3 N–H and O–H groups in total. The van der Waals surface area contributed by atoms with E-state index in [2.05, 4.69) is 10.6 Å². The second-order valence-electron chi connectivity index (χ2n) is 6.76. The average molecular weight is 471 g/mol. The molecule has 9 nitrogen and oxygen atoms in total. The predicted molar refractivity (Wildman–Crippen MR) is 120 cm³/mol. The van der Waals surface area contributed by atoms with Crippen molar-refractivity contribution in [2.45, 2.75) is 38.6 Å². The number of esters is 2. The monoisotopic (exact) mass is 470 g/mol. The zero-order chi connectivity index (χ0) is 23.1. The molecule has 0 saturated carbocycles. The molecule has 170 valence electrons. The number of ether oxygens (including phenoxy) is 3. The first-order valence-electron chi connectivity index (χ1n) is 9.57. The van der Waals surface area contributed by atoms with E-state index in [0.29, 0.717) is 21.9 Å². The highest BCUT2D eigenvalue weighted by atomic mass is 32.2. The van der Waals surface area contributed by atoms with Crippen molar-refractivity contribution in [1.82, 2.24) is 10.6 Å². The van der Waals surface area contributed by atoms with Crippen molar-refractivity contribution in [1.29, 1.82) is 0 Å². The molecule has 11 heteroatoms. The fourth-order valence-electron chi connectivity index (χ4n) is 3.05. The number of amides is 1. The van der Waals surface area contributed by atoms with Gasteiger partial charge in [0.1, 0.15) is 30.2 Å². The number of thiocarbonyl (C=S) groups is 1. The summed E-state index contributed by atoms with van der Waals surface area (Å²) < 4.78 is 15.7. The maximum atomic E-state index is 12.9. The highest BCUT2D eigenvalue weighted by Crippen LogP contribution is 2.35. The smallest absolute Gasteiger partial charge is 0.339 e. The fourth-order valence-corrected chi connectivity index (χ4v) is 4.27. The lowest BCUT2D eigenvalue weighted by atomic mass is 10.0. The van der Waals surface area contributed by atoms with E-state index in [0.717, 1.165) is 0 Å². The van der Waals surface area contributed by atoms with E-state index in [1.54, 1.807) is 20.8 Å². The summed E-state index contributed by atoms with van der Waals surface area (Å²) in [6.45, 7) is 4.77. The molecule has 2 rings (SSSR count). The van der Waals surface area contributed by atoms with Gasteiger partial charge in [0.05, 0.1) is 24.3 Å². The minimum Gasteiger partial charge on any atom is -0.507 e. The quantitative estimate of drug-likeness (QED) is 0.440. The van der Waals surface area contributed by atoms with Crippen LogP contribution >= 0.6 is 24.0 Å². The Hall–Kier alpha value is -2.53. The van der Waals surface area contributed by atoms with Crippen molar-refractivity contribution in [3.05, 3.63) is 22.8 Å². The van der Waals surface area contributed by atoms with E-state index < -0.39 is 29.9 Å². The molecule has 0 radical (unpaired) electrons. The van der Waals surface area contributed by atoms with E-state index in [-0.39, 0.29) is 36.0 Å². The number of benzene rings is 1. The van der Waals surface area contributed by atoms with Crippen LogP contribution in [0.4, 0.5) is 0 Å². The summed E-state index contributed by atoms with van der Waals surface area (Å²) in [5, 5.41) is 15.9. The molecule has 0 bridgehead atoms. The number of rotatable bonds is 4. The first-order valence-corrected chi connectivity index (χ1v) is 11.1. The van der Waals surface area contributed by atoms with Gasteiger partial charge < -0.3 is 30.0 Å². The summed E-state index contributed by atoms with van der Waals surface area (Å²) >= 11 is 6.28. The van der Waals surface area contributed by atoms with Crippen LogP contribution in [-0.2, 0) is 24.8 Å². The van der Waals surface area contributed by atoms with Gasteiger partial charge in [0.15, 0.2) is 0 Å². The van der Waals surface area contributed by atoms with E-state index in [1.807, 2.05) is 0 Å². The topological polar surface area (TPSA) is 123 Å². The van der Waals surface area contributed by atoms with Crippen LogP contribution in [0, 0.1) is 6.92 Å². The van der Waals surface area contributed by atoms with Crippen LogP contribution in [-0.4, -0.2) is 66.1 Å². The van der Waals surface area contributed by atoms with Gasteiger partial charge in [0.25, 0.3) is 0 Å². The van der Waals surface area contributed by atoms with Crippen LogP contribution in [0.25, 0.3) is 0 Å². The van der Waals surface area contributed by atoms with E-state index >= 15 is 0 Å². The molecule has 1 aliphatic heterocycles. The molecule has 1 amide bonds. The minimum atomic E-state index is -1.01. The lowest BCUT2D eigenvalue weighted by Gasteiger charge is -2.24. The third-order valence-electron chi connectivity index (χ3n) is 4.54. The molecule has 0 aliphatic carbocycles. The van der Waals surface area contributed by atoms with Crippen LogP contribution in [0.3, 0.4) is 0 Å². The zero-order valence-electron chi connectivity index (χ0n) is 17.8.